The Morgan fingerprint density at radius 1 is 1.28 bits per heavy atom. The lowest BCUT2D eigenvalue weighted by molar-refractivity contribution is -0.132. The molecule has 6 heteroatoms. The van der Waals surface area contributed by atoms with E-state index in [1.54, 1.807) is 17.0 Å². The molecule has 0 spiro atoms. The quantitative estimate of drug-likeness (QED) is 0.780. The number of carbonyl (C=O) groups excluding carboxylic acids is 1. The molecule has 2 heterocycles. The van der Waals surface area contributed by atoms with Gasteiger partial charge in [0.2, 0.25) is 5.91 Å². The number of piperazine rings is 1. The van der Waals surface area contributed by atoms with E-state index in [2.05, 4.69) is 5.32 Å². The van der Waals surface area contributed by atoms with Crippen molar-refractivity contribution in [1.82, 2.24) is 19.4 Å². The zero-order valence-corrected chi connectivity index (χ0v) is 10.3. The van der Waals surface area contributed by atoms with Gasteiger partial charge in [-0.25, -0.2) is 4.79 Å². The molecule has 2 fully saturated rings. The average molecular weight is 250 g/mol. The number of hydrogen-bond acceptors (Lipinski definition) is 3. The van der Waals surface area contributed by atoms with Crippen LogP contribution in [-0.4, -0.2) is 46.1 Å². The van der Waals surface area contributed by atoms with Crippen molar-refractivity contribution in [1.29, 1.82) is 0 Å². The van der Waals surface area contributed by atoms with Gasteiger partial charge in [0.15, 0.2) is 0 Å². The van der Waals surface area contributed by atoms with E-state index in [4.69, 9.17) is 0 Å². The van der Waals surface area contributed by atoms with Crippen LogP contribution in [0.5, 0.6) is 0 Å². The minimum atomic E-state index is -0.0546. The third-order valence-corrected chi connectivity index (χ3v) is 3.59. The van der Waals surface area contributed by atoms with Crippen LogP contribution in [0.15, 0.2) is 17.2 Å². The first-order chi connectivity index (χ1) is 8.75. The second-order valence-electron chi connectivity index (χ2n) is 4.98. The molecule has 0 aromatic carbocycles. The summed E-state index contributed by atoms with van der Waals surface area (Å²) in [5.74, 6) is 0.0344. The maximum atomic E-state index is 12.0. The van der Waals surface area contributed by atoms with Crippen molar-refractivity contribution in [2.75, 3.05) is 26.2 Å². The predicted octanol–water partition coefficient (Wildman–Crippen LogP) is -0.583. The Kier molecular flexibility index (Phi) is 2.95. The first-order valence-electron chi connectivity index (χ1n) is 6.51. The molecule has 1 N–H and O–H groups in total. The molecule has 1 aromatic rings. The van der Waals surface area contributed by atoms with Crippen LogP contribution in [0.3, 0.4) is 0 Å². The summed E-state index contributed by atoms with van der Waals surface area (Å²) in [6.45, 7) is 3.31. The van der Waals surface area contributed by atoms with Crippen molar-refractivity contribution in [3.63, 3.8) is 0 Å². The zero-order chi connectivity index (χ0) is 12.5. The van der Waals surface area contributed by atoms with Crippen LogP contribution in [0.2, 0.25) is 0 Å². The SMILES string of the molecule is O=C(Cn1ccn(C2CC2)c1=O)N1CCNCC1. The van der Waals surface area contributed by atoms with E-state index >= 15 is 0 Å². The second-order valence-corrected chi connectivity index (χ2v) is 4.98. The van der Waals surface area contributed by atoms with Crippen LogP contribution >= 0.6 is 0 Å². The van der Waals surface area contributed by atoms with E-state index in [0.717, 1.165) is 39.0 Å². The van der Waals surface area contributed by atoms with Crippen LogP contribution < -0.4 is 11.0 Å². The third kappa shape index (κ3) is 2.20. The first kappa shape index (κ1) is 11.5. The molecule has 1 aliphatic carbocycles. The molecule has 0 unspecified atom stereocenters. The van der Waals surface area contributed by atoms with Gasteiger partial charge in [0.1, 0.15) is 6.54 Å². The molecule has 0 bridgehead atoms. The van der Waals surface area contributed by atoms with Gasteiger partial charge in [0.25, 0.3) is 0 Å². The number of hydrogen-bond donors (Lipinski definition) is 1. The van der Waals surface area contributed by atoms with Gasteiger partial charge in [-0.05, 0) is 12.8 Å². The fraction of sp³-hybridized carbons (Fsp3) is 0.667. The number of nitrogens with one attached hydrogen (secondary N) is 1. The molecule has 1 saturated heterocycles. The maximum Gasteiger partial charge on any atom is 0.328 e. The van der Waals surface area contributed by atoms with Crippen LogP contribution in [-0.2, 0) is 11.3 Å². The Balaban J connectivity index is 1.68. The predicted molar refractivity (Wildman–Crippen MR) is 66.4 cm³/mol. The maximum absolute atomic E-state index is 12.0. The molecule has 1 amide bonds. The summed E-state index contributed by atoms with van der Waals surface area (Å²) in [6, 6.07) is 0.369. The summed E-state index contributed by atoms with van der Waals surface area (Å²) >= 11 is 0. The van der Waals surface area contributed by atoms with E-state index in [9.17, 15) is 9.59 Å². The van der Waals surface area contributed by atoms with Crippen molar-refractivity contribution < 1.29 is 4.79 Å². The summed E-state index contributed by atoms with van der Waals surface area (Å²) < 4.78 is 3.26. The number of aromatic nitrogens is 2. The van der Waals surface area contributed by atoms with E-state index in [1.807, 2.05) is 4.90 Å². The molecular weight excluding hydrogens is 232 g/mol. The van der Waals surface area contributed by atoms with E-state index in [1.165, 1.54) is 4.57 Å². The Bertz CT molecular complexity index is 494. The van der Waals surface area contributed by atoms with Gasteiger partial charge < -0.3 is 10.2 Å². The van der Waals surface area contributed by atoms with Crippen molar-refractivity contribution >= 4 is 5.91 Å². The standard InChI is InChI=1S/C12H18N4O2/c17-11(14-5-3-13-4-6-14)9-15-7-8-16(12(15)18)10-1-2-10/h7-8,10,13H,1-6,9H2. The largest absolute Gasteiger partial charge is 0.339 e. The Morgan fingerprint density at radius 2 is 2.00 bits per heavy atom. The average Bonchev–Trinajstić information content (AvgIpc) is 3.17. The summed E-state index contributed by atoms with van der Waals surface area (Å²) in [5, 5.41) is 3.21. The Morgan fingerprint density at radius 3 is 2.67 bits per heavy atom. The Hall–Kier alpha value is -1.56. The molecule has 6 nitrogen and oxygen atoms in total. The van der Waals surface area contributed by atoms with E-state index in [0.29, 0.717) is 6.04 Å². The number of rotatable bonds is 3. The molecular formula is C12H18N4O2. The molecule has 2 aliphatic rings. The minimum Gasteiger partial charge on any atom is -0.339 e. The van der Waals surface area contributed by atoms with Gasteiger partial charge in [-0.1, -0.05) is 0 Å². The zero-order valence-electron chi connectivity index (χ0n) is 10.3. The molecule has 1 aliphatic heterocycles. The van der Waals surface area contributed by atoms with Gasteiger partial charge in [-0.15, -0.1) is 0 Å². The third-order valence-electron chi connectivity index (χ3n) is 3.59. The van der Waals surface area contributed by atoms with Crippen molar-refractivity contribution in [2.24, 2.45) is 0 Å². The summed E-state index contributed by atoms with van der Waals surface area (Å²) in [4.78, 5) is 25.9. The molecule has 3 rings (SSSR count). The molecule has 0 atom stereocenters. The fourth-order valence-electron chi connectivity index (χ4n) is 2.34. The highest BCUT2D eigenvalue weighted by molar-refractivity contribution is 5.76. The smallest absolute Gasteiger partial charge is 0.328 e. The second kappa shape index (κ2) is 4.61. The molecule has 0 radical (unpaired) electrons. The van der Waals surface area contributed by atoms with Gasteiger partial charge in [-0.2, -0.15) is 0 Å². The van der Waals surface area contributed by atoms with Crippen LogP contribution in [0.1, 0.15) is 18.9 Å². The lowest BCUT2D eigenvalue weighted by atomic mass is 10.3. The van der Waals surface area contributed by atoms with Crippen molar-refractivity contribution in [2.45, 2.75) is 25.4 Å². The lowest BCUT2D eigenvalue weighted by Crippen LogP contribution is -2.48. The van der Waals surface area contributed by atoms with Crippen LogP contribution in [0, 0.1) is 0 Å². The summed E-state index contributed by atoms with van der Waals surface area (Å²) in [5.41, 5.74) is -0.0546. The summed E-state index contributed by atoms with van der Waals surface area (Å²) in [6.07, 6.45) is 5.68. The molecule has 18 heavy (non-hydrogen) atoms. The highest BCUT2D eigenvalue weighted by Gasteiger charge is 2.26. The molecule has 1 saturated carbocycles. The van der Waals surface area contributed by atoms with Crippen molar-refractivity contribution in [3.8, 4) is 0 Å². The monoisotopic (exact) mass is 250 g/mol. The number of carbonyl (C=O) groups is 1. The van der Waals surface area contributed by atoms with Crippen LogP contribution in [0.25, 0.3) is 0 Å². The van der Waals surface area contributed by atoms with Crippen LogP contribution in [0.4, 0.5) is 0 Å². The van der Waals surface area contributed by atoms with Crippen molar-refractivity contribution in [3.05, 3.63) is 22.9 Å². The normalized spacial score (nSPS) is 20.1. The summed E-state index contributed by atoms with van der Waals surface area (Å²) in [7, 11) is 0. The highest BCUT2D eigenvalue weighted by atomic mass is 16.2. The van der Waals surface area contributed by atoms with Gasteiger partial charge in [0.05, 0.1) is 0 Å². The van der Waals surface area contributed by atoms with Gasteiger partial charge in [-0.3, -0.25) is 13.9 Å². The molecule has 1 aromatic heterocycles. The van der Waals surface area contributed by atoms with Gasteiger partial charge in [0, 0.05) is 44.6 Å². The fourth-order valence-corrected chi connectivity index (χ4v) is 2.34. The highest BCUT2D eigenvalue weighted by Crippen LogP contribution is 2.33. The number of amides is 1. The minimum absolute atomic E-state index is 0.0344. The number of imidazole rings is 1. The topological polar surface area (TPSA) is 59.3 Å². The first-order valence-corrected chi connectivity index (χ1v) is 6.51. The van der Waals surface area contributed by atoms with E-state index < -0.39 is 0 Å². The Labute approximate surface area is 105 Å². The molecule has 98 valence electrons. The number of nitrogens with zero attached hydrogens (tertiary/aromatic N) is 3. The lowest BCUT2D eigenvalue weighted by Gasteiger charge is -2.27. The van der Waals surface area contributed by atoms with E-state index in [-0.39, 0.29) is 18.1 Å². The van der Waals surface area contributed by atoms with Gasteiger partial charge >= 0.3 is 5.69 Å².